The fraction of sp³-hybridized carbons (Fsp3) is 0.867. The van der Waals surface area contributed by atoms with Gasteiger partial charge in [-0.1, -0.05) is 20.8 Å². The summed E-state index contributed by atoms with van der Waals surface area (Å²) < 4.78 is 12.3. The van der Waals surface area contributed by atoms with Gasteiger partial charge in [-0.05, 0) is 18.1 Å². The molecule has 2 bridgehead atoms. The summed E-state index contributed by atoms with van der Waals surface area (Å²) in [6, 6.07) is -1.00. The van der Waals surface area contributed by atoms with Crippen molar-refractivity contribution in [3.8, 4) is 0 Å². The summed E-state index contributed by atoms with van der Waals surface area (Å²) in [6.07, 6.45) is -1.42. The van der Waals surface area contributed by atoms with Gasteiger partial charge in [0.05, 0.1) is 18.6 Å². The Kier molecular flexibility index (Phi) is 3.87. The first-order chi connectivity index (χ1) is 10.5. The van der Waals surface area contributed by atoms with E-state index in [1.54, 1.807) is 0 Å². The average Bonchev–Trinajstić information content (AvgIpc) is 2.73. The molecule has 5 atom stereocenters. The molecule has 0 aromatic heterocycles. The summed E-state index contributed by atoms with van der Waals surface area (Å²) >= 11 is 0. The van der Waals surface area contributed by atoms with Crippen LogP contribution in [0.25, 0.3) is 0 Å². The number of aliphatic hydroxyl groups excluding tert-OH is 1. The highest BCUT2D eigenvalue weighted by molar-refractivity contribution is 6.74. The summed E-state index contributed by atoms with van der Waals surface area (Å²) in [7, 11) is -2.02. The third-order valence-corrected chi connectivity index (χ3v) is 10.1. The highest BCUT2D eigenvalue weighted by atomic mass is 28.4. The molecule has 3 aliphatic rings. The van der Waals surface area contributed by atoms with Crippen LogP contribution in [0.1, 0.15) is 33.6 Å². The highest BCUT2D eigenvalue weighted by Gasteiger charge is 2.57. The van der Waals surface area contributed by atoms with Crippen molar-refractivity contribution >= 4 is 20.3 Å². The smallest absolute Gasteiger partial charge is 0.326 e. The lowest BCUT2D eigenvalue weighted by Gasteiger charge is -2.45. The molecule has 3 saturated heterocycles. The second-order valence-corrected chi connectivity index (χ2v) is 13.0. The Bertz CT molecular complexity index is 532. The minimum Gasteiger partial charge on any atom is -0.411 e. The van der Waals surface area contributed by atoms with Crippen molar-refractivity contribution in [3.63, 3.8) is 0 Å². The van der Waals surface area contributed by atoms with E-state index in [1.807, 2.05) is 0 Å². The van der Waals surface area contributed by atoms with E-state index in [9.17, 15) is 14.7 Å². The molecule has 3 aliphatic heterocycles. The summed E-state index contributed by atoms with van der Waals surface area (Å²) in [5.41, 5.74) is 0. The maximum absolute atomic E-state index is 12.1. The van der Waals surface area contributed by atoms with Crippen LogP contribution in [0.15, 0.2) is 0 Å². The molecule has 3 rings (SSSR count). The molecule has 8 heteroatoms. The molecule has 0 aliphatic carbocycles. The molecule has 23 heavy (non-hydrogen) atoms. The molecule has 3 heterocycles. The lowest BCUT2D eigenvalue weighted by molar-refractivity contribution is -0.177. The van der Waals surface area contributed by atoms with Gasteiger partial charge in [-0.25, -0.2) is 4.79 Å². The van der Waals surface area contributed by atoms with Gasteiger partial charge in [-0.3, -0.25) is 15.0 Å². The Morgan fingerprint density at radius 1 is 1.35 bits per heavy atom. The number of nitrogens with zero attached hydrogens (tertiary/aromatic N) is 1. The van der Waals surface area contributed by atoms with Crippen molar-refractivity contribution < 1.29 is 23.9 Å². The van der Waals surface area contributed by atoms with E-state index in [2.05, 4.69) is 39.2 Å². The second kappa shape index (κ2) is 5.27. The van der Waals surface area contributed by atoms with Gasteiger partial charge < -0.3 is 14.3 Å². The van der Waals surface area contributed by atoms with E-state index < -0.39 is 38.8 Å². The lowest BCUT2D eigenvalue weighted by atomic mass is 9.97. The first kappa shape index (κ1) is 16.9. The van der Waals surface area contributed by atoms with Crippen LogP contribution in [0.2, 0.25) is 18.1 Å². The molecule has 0 aromatic rings. The van der Waals surface area contributed by atoms with E-state index in [0.717, 1.165) is 0 Å². The van der Waals surface area contributed by atoms with Crippen LogP contribution in [0.3, 0.4) is 0 Å². The van der Waals surface area contributed by atoms with E-state index >= 15 is 0 Å². The standard InChI is InChI=1S/C15H26N2O5Si/c1-15(2,3)23(4,5)22-9-7-11-17-8(12(19)13(9)21-11)6-10(18)16-14(17)20/h8-9,11-13,19H,6-7H2,1-5H3,(H,16,18,20)/t8-,9-,11+,12-,13-/m0/s1. The number of imide groups is 1. The minimum atomic E-state index is -2.02. The Labute approximate surface area is 137 Å². The maximum atomic E-state index is 12.1. The highest BCUT2D eigenvalue weighted by Crippen LogP contribution is 2.43. The van der Waals surface area contributed by atoms with Crippen LogP contribution in [-0.4, -0.2) is 60.8 Å². The van der Waals surface area contributed by atoms with Gasteiger partial charge in [0, 0.05) is 6.42 Å². The number of carbonyl (C=O) groups excluding carboxylic acids is 2. The third kappa shape index (κ3) is 2.71. The Hall–Kier alpha value is -0.963. The molecule has 7 nitrogen and oxygen atoms in total. The van der Waals surface area contributed by atoms with Crippen molar-refractivity contribution in [1.82, 2.24) is 10.2 Å². The number of nitrogens with one attached hydrogen (secondary N) is 1. The monoisotopic (exact) mass is 342 g/mol. The number of hydrogen-bond donors (Lipinski definition) is 2. The van der Waals surface area contributed by atoms with Gasteiger partial charge in [0.25, 0.3) is 0 Å². The van der Waals surface area contributed by atoms with Gasteiger partial charge in [0.1, 0.15) is 18.4 Å². The van der Waals surface area contributed by atoms with Crippen molar-refractivity contribution in [2.45, 2.75) is 82.3 Å². The zero-order chi connectivity index (χ0) is 17.2. The summed E-state index contributed by atoms with van der Waals surface area (Å²) in [5, 5.41) is 13.0. The molecule has 0 radical (unpaired) electrons. The summed E-state index contributed by atoms with van der Waals surface area (Å²) in [4.78, 5) is 25.2. The molecule has 3 fully saturated rings. The summed E-state index contributed by atoms with van der Waals surface area (Å²) in [5.74, 6) is -0.349. The topological polar surface area (TPSA) is 88.1 Å². The van der Waals surface area contributed by atoms with Crippen LogP contribution >= 0.6 is 0 Å². The van der Waals surface area contributed by atoms with E-state index in [-0.39, 0.29) is 23.5 Å². The van der Waals surface area contributed by atoms with Crippen LogP contribution in [0.5, 0.6) is 0 Å². The zero-order valence-electron chi connectivity index (χ0n) is 14.3. The Morgan fingerprint density at radius 2 is 2.00 bits per heavy atom. The molecular weight excluding hydrogens is 316 g/mol. The first-order valence-corrected chi connectivity index (χ1v) is 11.1. The van der Waals surface area contributed by atoms with Gasteiger partial charge in [-0.15, -0.1) is 0 Å². The average molecular weight is 342 g/mol. The maximum Gasteiger partial charge on any atom is 0.326 e. The van der Waals surface area contributed by atoms with E-state index in [4.69, 9.17) is 9.16 Å². The molecule has 0 unspecified atom stereocenters. The number of fused-ring (bicyclic) bond motifs is 4. The number of urea groups is 1. The van der Waals surface area contributed by atoms with Gasteiger partial charge in [0.15, 0.2) is 8.32 Å². The van der Waals surface area contributed by atoms with Crippen LogP contribution in [-0.2, 0) is 14.0 Å². The molecule has 3 amide bonds. The Morgan fingerprint density at radius 3 is 2.61 bits per heavy atom. The van der Waals surface area contributed by atoms with Crippen LogP contribution < -0.4 is 5.32 Å². The minimum absolute atomic E-state index is 0.0506. The number of hydrogen-bond acceptors (Lipinski definition) is 5. The van der Waals surface area contributed by atoms with Gasteiger partial charge >= 0.3 is 6.03 Å². The zero-order valence-corrected chi connectivity index (χ0v) is 15.3. The van der Waals surface area contributed by atoms with E-state index in [1.165, 1.54) is 4.90 Å². The fourth-order valence-corrected chi connectivity index (χ4v) is 4.67. The van der Waals surface area contributed by atoms with Crippen molar-refractivity contribution in [2.24, 2.45) is 0 Å². The molecule has 130 valence electrons. The SMILES string of the molecule is CC(C)(C)[Si](C)(C)O[C@H]1C[C@H]2O[C@@H]1[C@@H](O)[C@@H]1CC(=O)NC(=O)N21. The number of aliphatic hydroxyl groups is 1. The van der Waals surface area contributed by atoms with Crippen molar-refractivity contribution in [2.75, 3.05) is 0 Å². The largest absolute Gasteiger partial charge is 0.411 e. The number of amides is 3. The Balaban J connectivity index is 1.82. The van der Waals surface area contributed by atoms with Gasteiger partial charge in [0.2, 0.25) is 5.91 Å². The molecule has 0 spiro atoms. The van der Waals surface area contributed by atoms with Crippen molar-refractivity contribution in [3.05, 3.63) is 0 Å². The van der Waals surface area contributed by atoms with Crippen molar-refractivity contribution in [1.29, 1.82) is 0 Å². The van der Waals surface area contributed by atoms with E-state index in [0.29, 0.717) is 6.42 Å². The molecular formula is C15H26N2O5Si. The number of carbonyl (C=O) groups is 2. The molecule has 0 aromatic carbocycles. The number of rotatable bonds is 2. The second-order valence-electron chi connectivity index (χ2n) is 8.23. The molecule has 2 N–H and O–H groups in total. The first-order valence-electron chi connectivity index (χ1n) is 8.15. The van der Waals surface area contributed by atoms with Crippen LogP contribution in [0, 0.1) is 0 Å². The third-order valence-electron chi connectivity index (χ3n) is 5.64. The predicted molar refractivity (Wildman–Crippen MR) is 85.1 cm³/mol. The summed E-state index contributed by atoms with van der Waals surface area (Å²) in [6.45, 7) is 10.8. The number of ether oxygens (including phenoxy) is 1. The lowest BCUT2D eigenvalue weighted by Crippen LogP contribution is -2.66. The van der Waals surface area contributed by atoms with Gasteiger partial charge in [-0.2, -0.15) is 0 Å². The molecule has 0 saturated carbocycles. The van der Waals surface area contributed by atoms with Crippen LogP contribution in [0.4, 0.5) is 4.79 Å². The quantitative estimate of drug-likeness (QED) is 0.736. The normalized spacial score (nSPS) is 37.7. The predicted octanol–water partition coefficient (Wildman–Crippen LogP) is 1.18. The fourth-order valence-electron chi connectivity index (χ4n) is 3.33.